The Hall–Kier alpha value is -0.250. The van der Waals surface area contributed by atoms with Crippen molar-refractivity contribution in [2.45, 2.75) is 106 Å². The summed E-state index contributed by atoms with van der Waals surface area (Å²) in [6.07, 6.45) is 14.4. The van der Waals surface area contributed by atoms with Crippen LogP contribution in [0, 0.1) is 0 Å². The van der Waals surface area contributed by atoms with Crippen molar-refractivity contribution in [3.63, 3.8) is 0 Å². The van der Waals surface area contributed by atoms with Gasteiger partial charge in [0.1, 0.15) is 6.10 Å². The summed E-state index contributed by atoms with van der Waals surface area (Å²) in [5.41, 5.74) is 3.24. The fourth-order valence-corrected chi connectivity index (χ4v) is 7.25. The number of carboxylic acid groups (broad SMARTS) is 1. The zero-order valence-electron chi connectivity index (χ0n) is 19.0. The molecule has 31 heavy (non-hydrogen) atoms. The molecule has 6 nitrogen and oxygen atoms in total. The highest BCUT2D eigenvalue weighted by Gasteiger charge is 2.44. The van der Waals surface area contributed by atoms with E-state index in [4.69, 9.17) is 15.9 Å². The summed E-state index contributed by atoms with van der Waals surface area (Å²) in [6, 6.07) is 0. The Balaban J connectivity index is 2.18. The first kappa shape index (κ1) is 28.8. The van der Waals surface area contributed by atoms with Crippen LogP contribution >= 0.6 is 23.5 Å². The summed E-state index contributed by atoms with van der Waals surface area (Å²) < 4.78 is 0.466. The van der Waals surface area contributed by atoms with Crippen molar-refractivity contribution in [1.29, 1.82) is 0 Å². The number of aliphatic hydroxyl groups is 3. The van der Waals surface area contributed by atoms with Crippen LogP contribution < -0.4 is 5.73 Å². The average molecular weight is 478 g/mol. The minimum absolute atomic E-state index is 0.0996. The molecule has 1 aliphatic rings. The Morgan fingerprint density at radius 3 is 2.16 bits per heavy atom. The van der Waals surface area contributed by atoms with Gasteiger partial charge in [-0.1, -0.05) is 64.0 Å². The van der Waals surface area contributed by atoms with E-state index in [1.165, 1.54) is 69.3 Å². The van der Waals surface area contributed by atoms with E-state index in [-0.39, 0.29) is 6.42 Å². The van der Waals surface area contributed by atoms with E-state index >= 15 is 0 Å². The number of carboxylic acids is 1. The largest absolute Gasteiger partial charge is 0.480 e. The number of thioether (sulfide) groups is 2. The van der Waals surface area contributed by atoms with Crippen molar-refractivity contribution in [3.8, 4) is 0 Å². The second kappa shape index (κ2) is 15.6. The molecule has 0 aromatic rings. The third kappa shape index (κ3) is 10.0. The van der Waals surface area contributed by atoms with Gasteiger partial charge in [-0.25, -0.2) is 0 Å². The quantitative estimate of drug-likeness (QED) is 0.149. The Labute approximate surface area is 196 Å². The number of allylic oxidation sites excluding steroid dienone is 1. The van der Waals surface area contributed by atoms with E-state index < -0.39 is 30.3 Å². The Bertz CT molecular complexity index is 528. The van der Waals surface area contributed by atoms with E-state index in [0.717, 1.165) is 12.8 Å². The molecular formula is C23H43NO5S2. The van der Waals surface area contributed by atoms with Gasteiger partial charge in [0.25, 0.3) is 0 Å². The highest BCUT2D eigenvalue weighted by molar-refractivity contribution is 8.21. The molecule has 0 spiro atoms. The van der Waals surface area contributed by atoms with Crippen molar-refractivity contribution < 1.29 is 25.2 Å². The van der Waals surface area contributed by atoms with Gasteiger partial charge in [0.05, 0.1) is 16.8 Å². The van der Waals surface area contributed by atoms with Gasteiger partial charge in [-0.3, -0.25) is 4.79 Å². The number of carbonyl (C=O) groups is 1. The Kier molecular flexibility index (Phi) is 14.4. The topological polar surface area (TPSA) is 124 Å². The van der Waals surface area contributed by atoms with Crippen LogP contribution in [0.4, 0.5) is 0 Å². The lowest BCUT2D eigenvalue weighted by Crippen LogP contribution is -2.63. The third-order valence-corrected chi connectivity index (χ3v) is 9.65. The van der Waals surface area contributed by atoms with E-state index in [2.05, 4.69) is 30.4 Å². The normalized spacial score (nSPS) is 20.0. The minimum atomic E-state index is -2.25. The maximum absolute atomic E-state index is 11.1. The predicted octanol–water partition coefficient (Wildman–Crippen LogP) is 3.92. The van der Waals surface area contributed by atoms with Crippen LogP contribution in [0.3, 0.4) is 0 Å². The molecule has 1 fully saturated rings. The van der Waals surface area contributed by atoms with E-state index in [9.17, 15) is 15.0 Å². The predicted molar refractivity (Wildman–Crippen MR) is 132 cm³/mol. The van der Waals surface area contributed by atoms with Crippen LogP contribution in [0.15, 0.2) is 12.2 Å². The lowest BCUT2D eigenvalue weighted by molar-refractivity contribution is -0.154. The maximum Gasteiger partial charge on any atom is 0.328 e. The average Bonchev–Trinajstić information content (AvgIpc) is 3.23. The van der Waals surface area contributed by atoms with Crippen LogP contribution in [0.25, 0.3) is 0 Å². The van der Waals surface area contributed by atoms with Crippen molar-refractivity contribution in [2.24, 2.45) is 5.73 Å². The summed E-state index contributed by atoms with van der Waals surface area (Å²) in [7, 11) is 0. The molecule has 8 heteroatoms. The standard InChI is InChI=1S/C23H43NO5S2/c1-2-3-4-11-14-22(30-16-17-31-22)15-12-9-7-5-6-8-10-13-19(26)20(27)23(24,18-25)21(28)29/h8,10,19-20,25-27H,2-7,9,11-18,24H2,1H3,(H,28,29)/b10-8+/t19-,20+,23+/m1/s1. The molecule has 3 atom stereocenters. The lowest BCUT2D eigenvalue weighted by atomic mass is 9.89. The summed E-state index contributed by atoms with van der Waals surface area (Å²) >= 11 is 4.36. The van der Waals surface area contributed by atoms with Crippen LogP contribution in [-0.2, 0) is 4.79 Å². The van der Waals surface area contributed by atoms with Gasteiger partial charge in [-0.2, -0.15) is 0 Å². The summed E-state index contributed by atoms with van der Waals surface area (Å²) in [5.74, 6) is 1.04. The van der Waals surface area contributed by atoms with Crippen molar-refractivity contribution in [3.05, 3.63) is 12.2 Å². The molecule has 0 aliphatic carbocycles. The highest BCUT2D eigenvalue weighted by atomic mass is 32.2. The first-order valence-electron chi connectivity index (χ1n) is 11.7. The van der Waals surface area contributed by atoms with Crippen LogP contribution in [-0.4, -0.2) is 66.3 Å². The SMILES string of the molecule is CCCCCCC1(CCCCCC/C=C/C[C@@H](O)[C@H](O)[C@@](N)(CO)C(=O)O)SCCS1. The summed E-state index contributed by atoms with van der Waals surface area (Å²) in [6.45, 7) is 1.32. The fourth-order valence-electron chi connectivity index (χ4n) is 3.86. The Morgan fingerprint density at radius 2 is 1.61 bits per heavy atom. The summed E-state index contributed by atoms with van der Waals surface area (Å²) in [4.78, 5) is 11.1. The van der Waals surface area contributed by atoms with Gasteiger partial charge in [-0.05, 0) is 32.1 Å². The second-order valence-corrected chi connectivity index (χ2v) is 11.8. The van der Waals surface area contributed by atoms with E-state index in [1.807, 2.05) is 6.08 Å². The molecule has 0 aromatic heterocycles. The second-order valence-electron chi connectivity index (χ2n) is 8.59. The molecule has 0 bridgehead atoms. The molecule has 6 N–H and O–H groups in total. The van der Waals surface area contributed by atoms with E-state index in [1.54, 1.807) is 6.08 Å². The van der Waals surface area contributed by atoms with Crippen molar-refractivity contribution in [2.75, 3.05) is 18.1 Å². The first-order chi connectivity index (χ1) is 14.8. The van der Waals surface area contributed by atoms with Gasteiger partial charge in [0, 0.05) is 11.5 Å². The third-order valence-electron chi connectivity index (χ3n) is 6.00. The molecule has 0 unspecified atom stereocenters. The van der Waals surface area contributed by atoms with Gasteiger partial charge >= 0.3 is 5.97 Å². The molecule has 0 radical (unpaired) electrons. The lowest BCUT2D eigenvalue weighted by Gasteiger charge is -2.30. The smallest absolute Gasteiger partial charge is 0.328 e. The monoisotopic (exact) mass is 477 g/mol. The number of aliphatic carboxylic acids is 1. The molecule has 0 saturated carbocycles. The zero-order valence-corrected chi connectivity index (χ0v) is 20.6. The molecule has 0 amide bonds. The van der Waals surface area contributed by atoms with Gasteiger partial charge in [0.15, 0.2) is 5.54 Å². The van der Waals surface area contributed by atoms with Crippen LogP contribution in [0.2, 0.25) is 0 Å². The molecule has 1 aliphatic heterocycles. The molecule has 1 heterocycles. The number of rotatable bonds is 18. The van der Waals surface area contributed by atoms with Gasteiger partial charge in [0.2, 0.25) is 0 Å². The maximum atomic E-state index is 11.1. The number of unbranched alkanes of at least 4 members (excludes halogenated alkanes) is 7. The van der Waals surface area contributed by atoms with E-state index in [0.29, 0.717) is 4.08 Å². The fraction of sp³-hybridized carbons (Fsp3) is 0.870. The zero-order chi connectivity index (χ0) is 23.2. The highest BCUT2D eigenvalue weighted by Crippen LogP contribution is 2.50. The van der Waals surface area contributed by atoms with Gasteiger partial charge in [-0.15, -0.1) is 23.5 Å². The number of nitrogens with two attached hydrogens (primary N) is 1. The minimum Gasteiger partial charge on any atom is -0.480 e. The van der Waals surface area contributed by atoms with Crippen molar-refractivity contribution >= 4 is 29.5 Å². The Morgan fingerprint density at radius 1 is 1.03 bits per heavy atom. The number of hydrogen-bond acceptors (Lipinski definition) is 7. The molecule has 0 aromatic carbocycles. The number of hydrogen-bond donors (Lipinski definition) is 5. The van der Waals surface area contributed by atoms with Gasteiger partial charge < -0.3 is 26.2 Å². The molecule has 1 rings (SSSR count). The van der Waals surface area contributed by atoms with Crippen molar-refractivity contribution in [1.82, 2.24) is 0 Å². The molecular weight excluding hydrogens is 434 g/mol. The summed E-state index contributed by atoms with van der Waals surface area (Å²) in [5, 5.41) is 38.1. The first-order valence-corrected chi connectivity index (χ1v) is 13.7. The van der Waals surface area contributed by atoms with Crippen LogP contribution in [0.1, 0.15) is 84.0 Å². The molecule has 182 valence electrons. The van der Waals surface area contributed by atoms with Crippen LogP contribution in [0.5, 0.6) is 0 Å². The molecule has 1 saturated heterocycles. The number of aliphatic hydroxyl groups excluding tert-OH is 3.